The van der Waals surface area contributed by atoms with Gasteiger partial charge in [-0.25, -0.2) is 4.98 Å². The molecule has 1 fully saturated rings. The number of nitrogens with zero attached hydrogens (tertiary/aromatic N) is 3. The van der Waals surface area contributed by atoms with E-state index >= 15 is 0 Å². The molecule has 24 heavy (non-hydrogen) atoms. The molecule has 0 saturated carbocycles. The fourth-order valence-corrected chi connectivity index (χ4v) is 3.66. The Hall–Kier alpha value is -1.88. The molecular formula is C19H28N4O. The lowest BCUT2D eigenvalue weighted by Gasteiger charge is -2.25. The number of likely N-dealkylation sites (tertiary alicyclic amines) is 1. The van der Waals surface area contributed by atoms with Crippen molar-refractivity contribution in [3.8, 4) is 0 Å². The van der Waals surface area contributed by atoms with E-state index in [4.69, 9.17) is 0 Å². The summed E-state index contributed by atoms with van der Waals surface area (Å²) < 4.78 is 2.15. The van der Waals surface area contributed by atoms with E-state index in [1.54, 1.807) is 0 Å². The fraction of sp³-hybridized carbons (Fsp3) is 0.579. The van der Waals surface area contributed by atoms with Crippen LogP contribution in [-0.2, 0) is 18.3 Å². The molecule has 1 amide bonds. The van der Waals surface area contributed by atoms with Gasteiger partial charge in [-0.15, -0.1) is 0 Å². The van der Waals surface area contributed by atoms with E-state index in [1.165, 1.54) is 12.8 Å². The van der Waals surface area contributed by atoms with Crippen LogP contribution in [0.4, 0.5) is 0 Å². The quantitative estimate of drug-likeness (QED) is 0.795. The second-order valence-corrected chi connectivity index (χ2v) is 6.64. The Morgan fingerprint density at radius 2 is 2.04 bits per heavy atom. The monoisotopic (exact) mass is 328 g/mol. The number of aryl methyl sites for hydroxylation is 2. The molecule has 1 saturated heterocycles. The lowest BCUT2D eigenvalue weighted by Crippen LogP contribution is -2.45. The number of amides is 1. The van der Waals surface area contributed by atoms with Gasteiger partial charge < -0.3 is 9.88 Å². The standard InChI is InChI=1S/C19H28N4O/c1-3-16(23-13-6-7-14-23)19(24)20-12-8-11-18-21-15-9-4-5-10-17(15)22(18)2/h4-5,9-10,16H,3,6-8,11-14H2,1-2H3,(H,20,24)/t16-/m1/s1. The van der Waals surface area contributed by atoms with Crippen molar-refractivity contribution >= 4 is 16.9 Å². The maximum absolute atomic E-state index is 12.4. The summed E-state index contributed by atoms with van der Waals surface area (Å²) in [6, 6.07) is 8.24. The number of carbonyl (C=O) groups excluding carboxylic acids is 1. The fourth-order valence-electron chi connectivity index (χ4n) is 3.66. The van der Waals surface area contributed by atoms with E-state index in [2.05, 4.69) is 39.8 Å². The Morgan fingerprint density at radius 1 is 1.29 bits per heavy atom. The summed E-state index contributed by atoms with van der Waals surface area (Å²) in [6.07, 6.45) is 5.12. The highest BCUT2D eigenvalue weighted by Crippen LogP contribution is 2.16. The Bertz CT molecular complexity index is 688. The minimum atomic E-state index is 0.0447. The molecule has 1 aliphatic rings. The van der Waals surface area contributed by atoms with E-state index < -0.39 is 0 Å². The maximum atomic E-state index is 12.4. The van der Waals surface area contributed by atoms with Crippen molar-refractivity contribution in [2.45, 2.75) is 45.1 Å². The Morgan fingerprint density at radius 3 is 2.75 bits per heavy atom. The molecule has 0 spiro atoms. The average Bonchev–Trinajstić information content (AvgIpc) is 3.22. The predicted molar refractivity (Wildman–Crippen MR) is 96.9 cm³/mol. The van der Waals surface area contributed by atoms with E-state index in [-0.39, 0.29) is 11.9 Å². The summed E-state index contributed by atoms with van der Waals surface area (Å²) in [7, 11) is 2.06. The molecule has 1 N–H and O–H groups in total. The van der Waals surface area contributed by atoms with Gasteiger partial charge in [-0.2, -0.15) is 0 Å². The summed E-state index contributed by atoms with van der Waals surface area (Å²) in [5.74, 6) is 1.27. The van der Waals surface area contributed by atoms with Crippen LogP contribution in [0.15, 0.2) is 24.3 Å². The zero-order valence-electron chi connectivity index (χ0n) is 14.8. The summed E-state index contributed by atoms with van der Waals surface area (Å²) in [6.45, 7) is 4.94. The topological polar surface area (TPSA) is 50.2 Å². The van der Waals surface area contributed by atoms with Gasteiger partial charge in [0.2, 0.25) is 5.91 Å². The first-order valence-corrected chi connectivity index (χ1v) is 9.12. The number of aromatic nitrogens is 2. The lowest BCUT2D eigenvalue weighted by atomic mass is 10.2. The molecule has 1 aliphatic heterocycles. The largest absolute Gasteiger partial charge is 0.355 e. The minimum absolute atomic E-state index is 0.0447. The molecule has 1 aromatic carbocycles. The van der Waals surface area contributed by atoms with Crippen LogP contribution in [-0.4, -0.2) is 46.0 Å². The molecule has 1 atom stereocenters. The summed E-state index contributed by atoms with van der Waals surface area (Å²) in [5, 5.41) is 3.12. The predicted octanol–water partition coefficient (Wildman–Crippen LogP) is 2.50. The molecule has 0 radical (unpaired) electrons. The van der Waals surface area contributed by atoms with Crippen LogP contribution in [0, 0.1) is 0 Å². The van der Waals surface area contributed by atoms with Gasteiger partial charge in [0.1, 0.15) is 5.82 Å². The van der Waals surface area contributed by atoms with Gasteiger partial charge in [-0.05, 0) is 50.9 Å². The van der Waals surface area contributed by atoms with Crippen LogP contribution < -0.4 is 5.32 Å². The molecule has 3 rings (SSSR count). The second-order valence-electron chi connectivity index (χ2n) is 6.64. The van der Waals surface area contributed by atoms with E-state index in [0.717, 1.165) is 49.2 Å². The number of fused-ring (bicyclic) bond motifs is 1. The van der Waals surface area contributed by atoms with Crippen molar-refractivity contribution in [1.29, 1.82) is 0 Å². The molecule has 0 unspecified atom stereocenters. The highest BCUT2D eigenvalue weighted by atomic mass is 16.2. The summed E-state index contributed by atoms with van der Waals surface area (Å²) in [4.78, 5) is 19.4. The smallest absolute Gasteiger partial charge is 0.237 e. The molecule has 0 bridgehead atoms. The Kier molecular flexibility index (Phi) is 5.51. The molecule has 130 valence electrons. The number of carbonyl (C=O) groups is 1. The van der Waals surface area contributed by atoms with Crippen LogP contribution >= 0.6 is 0 Å². The number of nitrogens with one attached hydrogen (secondary N) is 1. The highest BCUT2D eigenvalue weighted by Gasteiger charge is 2.26. The third-order valence-electron chi connectivity index (χ3n) is 5.03. The highest BCUT2D eigenvalue weighted by molar-refractivity contribution is 5.81. The molecule has 2 heterocycles. The van der Waals surface area contributed by atoms with E-state index in [0.29, 0.717) is 6.54 Å². The zero-order chi connectivity index (χ0) is 16.9. The van der Waals surface area contributed by atoms with Crippen molar-refractivity contribution in [2.75, 3.05) is 19.6 Å². The first kappa shape index (κ1) is 17.0. The van der Waals surface area contributed by atoms with Gasteiger partial charge in [-0.1, -0.05) is 19.1 Å². The lowest BCUT2D eigenvalue weighted by molar-refractivity contribution is -0.126. The first-order chi connectivity index (χ1) is 11.7. The van der Waals surface area contributed by atoms with Crippen molar-refractivity contribution in [3.05, 3.63) is 30.1 Å². The number of hydrogen-bond donors (Lipinski definition) is 1. The van der Waals surface area contributed by atoms with Gasteiger partial charge in [-0.3, -0.25) is 9.69 Å². The normalized spacial score (nSPS) is 16.6. The number of para-hydroxylation sites is 2. The van der Waals surface area contributed by atoms with E-state index in [1.807, 2.05) is 18.2 Å². The Balaban J connectivity index is 1.49. The van der Waals surface area contributed by atoms with Crippen LogP contribution in [0.1, 0.15) is 38.4 Å². The third-order valence-corrected chi connectivity index (χ3v) is 5.03. The average molecular weight is 328 g/mol. The third kappa shape index (κ3) is 3.61. The van der Waals surface area contributed by atoms with Crippen LogP contribution in [0.5, 0.6) is 0 Å². The van der Waals surface area contributed by atoms with Crippen molar-refractivity contribution < 1.29 is 4.79 Å². The molecular weight excluding hydrogens is 300 g/mol. The molecule has 1 aromatic heterocycles. The van der Waals surface area contributed by atoms with Gasteiger partial charge in [0, 0.05) is 20.0 Å². The van der Waals surface area contributed by atoms with Crippen molar-refractivity contribution in [3.63, 3.8) is 0 Å². The maximum Gasteiger partial charge on any atom is 0.237 e. The summed E-state index contributed by atoms with van der Waals surface area (Å²) >= 11 is 0. The van der Waals surface area contributed by atoms with Gasteiger partial charge in [0.05, 0.1) is 17.1 Å². The number of hydrogen-bond acceptors (Lipinski definition) is 3. The second kappa shape index (κ2) is 7.79. The first-order valence-electron chi connectivity index (χ1n) is 9.12. The number of imidazole rings is 1. The van der Waals surface area contributed by atoms with E-state index in [9.17, 15) is 4.79 Å². The Labute approximate surface area is 144 Å². The molecule has 2 aromatic rings. The van der Waals surface area contributed by atoms with Crippen molar-refractivity contribution in [2.24, 2.45) is 7.05 Å². The molecule has 5 heteroatoms. The minimum Gasteiger partial charge on any atom is -0.355 e. The summed E-state index contributed by atoms with van der Waals surface area (Å²) in [5.41, 5.74) is 2.20. The van der Waals surface area contributed by atoms with Crippen molar-refractivity contribution in [1.82, 2.24) is 19.8 Å². The molecule has 5 nitrogen and oxygen atoms in total. The number of rotatable bonds is 7. The zero-order valence-corrected chi connectivity index (χ0v) is 14.8. The van der Waals surface area contributed by atoms with Crippen LogP contribution in [0.2, 0.25) is 0 Å². The number of benzene rings is 1. The van der Waals surface area contributed by atoms with Crippen LogP contribution in [0.25, 0.3) is 11.0 Å². The SMILES string of the molecule is CC[C@H](C(=O)NCCCc1nc2ccccc2n1C)N1CCCC1. The van der Waals surface area contributed by atoms with Gasteiger partial charge >= 0.3 is 0 Å². The molecule has 0 aliphatic carbocycles. The van der Waals surface area contributed by atoms with Gasteiger partial charge in [0.15, 0.2) is 0 Å². The van der Waals surface area contributed by atoms with Crippen LogP contribution in [0.3, 0.4) is 0 Å². The van der Waals surface area contributed by atoms with Gasteiger partial charge in [0.25, 0.3) is 0 Å².